The molecule has 0 aliphatic carbocycles. The second-order valence-corrected chi connectivity index (χ2v) is 5.47. The van der Waals surface area contributed by atoms with Crippen molar-refractivity contribution in [1.82, 2.24) is 9.97 Å². The Hall–Kier alpha value is -3.08. The Kier molecular flexibility index (Phi) is 4.33. The van der Waals surface area contributed by atoms with Gasteiger partial charge in [0.15, 0.2) is 6.10 Å². The summed E-state index contributed by atoms with van der Waals surface area (Å²) in [4.78, 5) is 32.8. The summed E-state index contributed by atoms with van der Waals surface area (Å²) in [6.07, 6.45) is 0.675. The zero-order valence-corrected chi connectivity index (χ0v) is 13.4. The summed E-state index contributed by atoms with van der Waals surface area (Å²) in [6, 6.07) is 14.2. The van der Waals surface area contributed by atoms with E-state index in [2.05, 4.69) is 9.97 Å². The molecule has 0 bridgehead atoms. The van der Waals surface area contributed by atoms with E-state index in [1.54, 1.807) is 43.5 Å². The first-order chi connectivity index (χ1) is 11.5. The number of ether oxygens (including phenoxy) is 1. The topological polar surface area (TPSA) is 69.2 Å². The van der Waals surface area contributed by atoms with Crippen molar-refractivity contribution in [1.29, 1.82) is 0 Å². The average molecular weight is 320 g/mol. The number of Topliss-reactive ketones (excluding diaryl/α,β-unsaturated/α-hetero) is 1. The van der Waals surface area contributed by atoms with Crippen LogP contribution in [-0.2, 0) is 9.53 Å². The summed E-state index contributed by atoms with van der Waals surface area (Å²) in [7, 11) is 0. The van der Waals surface area contributed by atoms with E-state index in [0.29, 0.717) is 5.56 Å². The van der Waals surface area contributed by atoms with Crippen LogP contribution in [0.1, 0.15) is 34.8 Å². The lowest BCUT2D eigenvalue weighted by Gasteiger charge is -2.16. The number of aromatic nitrogens is 2. The van der Waals surface area contributed by atoms with Crippen LogP contribution in [0.3, 0.4) is 0 Å². The smallest absolute Gasteiger partial charge is 0.303 e. The molecule has 2 aromatic heterocycles. The van der Waals surface area contributed by atoms with Crippen LogP contribution >= 0.6 is 0 Å². The maximum atomic E-state index is 12.8. The third-order valence-electron chi connectivity index (χ3n) is 3.59. The predicted octanol–water partition coefficient (Wildman–Crippen LogP) is 3.43. The van der Waals surface area contributed by atoms with Gasteiger partial charge >= 0.3 is 5.97 Å². The van der Waals surface area contributed by atoms with Crippen LogP contribution < -0.4 is 0 Å². The number of pyridine rings is 2. The minimum atomic E-state index is -1.03. The number of aryl methyl sites for hydroxylation is 1. The van der Waals surface area contributed by atoms with E-state index in [4.69, 9.17) is 4.74 Å². The van der Waals surface area contributed by atoms with E-state index in [1.165, 1.54) is 6.92 Å². The molecule has 1 aromatic carbocycles. The molecular formula is C19H16N2O3. The Bertz CT molecular complexity index is 921. The molecule has 24 heavy (non-hydrogen) atoms. The minimum absolute atomic E-state index is 0.271. The third kappa shape index (κ3) is 3.30. The van der Waals surface area contributed by atoms with Crippen LogP contribution in [0.5, 0.6) is 0 Å². The number of hydrogen-bond donors (Lipinski definition) is 0. The van der Waals surface area contributed by atoms with Gasteiger partial charge in [-0.25, -0.2) is 4.98 Å². The van der Waals surface area contributed by atoms with E-state index >= 15 is 0 Å². The first-order valence-corrected chi connectivity index (χ1v) is 7.54. The highest BCUT2D eigenvalue weighted by Gasteiger charge is 2.26. The molecule has 0 fully saturated rings. The molecule has 3 aromatic rings. The molecule has 0 saturated carbocycles. The number of carbonyl (C=O) groups is 2. The fraction of sp³-hybridized carbons (Fsp3) is 0.158. The second-order valence-electron chi connectivity index (χ2n) is 5.47. The molecule has 0 radical (unpaired) electrons. The first kappa shape index (κ1) is 15.8. The molecule has 5 heteroatoms. The van der Waals surface area contributed by atoms with Gasteiger partial charge in [-0.1, -0.05) is 18.2 Å². The molecule has 0 spiro atoms. The lowest BCUT2D eigenvalue weighted by atomic mass is 10.0. The lowest BCUT2D eigenvalue weighted by Crippen LogP contribution is -2.20. The van der Waals surface area contributed by atoms with Gasteiger partial charge in [0.25, 0.3) is 0 Å². The molecule has 0 saturated heterocycles. The van der Waals surface area contributed by atoms with Gasteiger partial charge in [-0.3, -0.25) is 14.6 Å². The highest BCUT2D eigenvalue weighted by atomic mass is 16.5. The second kappa shape index (κ2) is 6.58. The lowest BCUT2D eigenvalue weighted by molar-refractivity contribution is -0.144. The molecule has 0 amide bonds. The molecule has 1 unspecified atom stereocenters. The fourth-order valence-corrected chi connectivity index (χ4v) is 2.51. The Labute approximate surface area is 139 Å². The van der Waals surface area contributed by atoms with Gasteiger partial charge in [-0.05, 0) is 37.3 Å². The van der Waals surface area contributed by atoms with Crippen molar-refractivity contribution in [2.24, 2.45) is 0 Å². The number of rotatable bonds is 4. The zero-order chi connectivity index (χ0) is 17.1. The van der Waals surface area contributed by atoms with Crippen LogP contribution in [0.25, 0.3) is 10.9 Å². The van der Waals surface area contributed by atoms with Crippen LogP contribution in [-0.4, -0.2) is 21.7 Å². The van der Waals surface area contributed by atoms with Gasteiger partial charge in [0.05, 0.1) is 5.52 Å². The third-order valence-corrected chi connectivity index (χ3v) is 3.59. The highest BCUT2D eigenvalue weighted by Crippen LogP contribution is 2.25. The minimum Gasteiger partial charge on any atom is -0.449 e. The molecule has 0 N–H and O–H groups in total. The molecule has 0 aliphatic rings. The summed E-state index contributed by atoms with van der Waals surface area (Å²) >= 11 is 0. The van der Waals surface area contributed by atoms with E-state index in [-0.39, 0.29) is 11.5 Å². The summed E-state index contributed by atoms with van der Waals surface area (Å²) in [6.45, 7) is 3.09. The largest absolute Gasteiger partial charge is 0.449 e. The van der Waals surface area contributed by atoms with Crippen molar-refractivity contribution in [3.05, 3.63) is 71.7 Å². The standard InChI is InChI=1S/C19H16N2O3/c1-12-5-3-7-17(21-12)18(23)19(24-13(2)22)15-8-9-16-14(11-15)6-4-10-20-16/h3-11,19H,1-2H3. The van der Waals surface area contributed by atoms with Crippen molar-refractivity contribution in [2.45, 2.75) is 20.0 Å². The Morgan fingerprint density at radius 3 is 2.67 bits per heavy atom. The predicted molar refractivity (Wildman–Crippen MR) is 89.6 cm³/mol. The van der Waals surface area contributed by atoms with Crippen molar-refractivity contribution in [3.63, 3.8) is 0 Å². The summed E-state index contributed by atoms with van der Waals surface area (Å²) in [5.41, 5.74) is 2.40. The summed E-state index contributed by atoms with van der Waals surface area (Å²) in [5.74, 6) is -0.871. The summed E-state index contributed by atoms with van der Waals surface area (Å²) in [5, 5.41) is 0.872. The fourth-order valence-electron chi connectivity index (χ4n) is 2.51. The number of ketones is 1. The molecule has 2 heterocycles. The number of esters is 1. The Balaban J connectivity index is 2.04. The van der Waals surface area contributed by atoms with E-state index in [1.807, 2.05) is 18.2 Å². The van der Waals surface area contributed by atoms with Crippen molar-refractivity contribution >= 4 is 22.7 Å². The number of carbonyl (C=O) groups excluding carboxylic acids is 2. The first-order valence-electron chi connectivity index (χ1n) is 7.54. The quantitative estimate of drug-likeness (QED) is 0.544. The zero-order valence-electron chi connectivity index (χ0n) is 13.4. The van der Waals surface area contributed by atoms with Crippen molar-refractivity contribution in [2.75, 3.05) is 0 Å². The molecule has 0 aliphatic heterocycles. The van der Waals surface area contributed by atoms with Gasteiger partial charge in [-0.15, -0.1) is 0 Å². The Morgan fingerprint density at radius 1 is 1.08 bits per heavy atom. The summed E-state index contributed by atoms with van der Waals surface area (Å²) < 4.78 is 5.29. The van der Waals surface area contributed by atoms with Gasteiger partial charge in [-0.2, -0.15) is 0 Å². The van der Waals surface area contributed by atoms with Gasteiger partial charge in [0.2, 0.25) is 5.78 Å². The van der Waals surface area contributed by atoms with Gasteiger partial charge in [0.1, 0.15) is 5.69 Å². The molecule has 120 valence electrons. The monoisotopic (exact) mass is 320 g/mol. The van der Waals surface area contributed by atoms with Crippen LogP contribution in [0.4, 0.5) is 0 Å². The molecule has 5 nitrogen and oxygen atoms in total. The average Bonchev–Trinajstić information content (AvgIpc) is 2.58. The van der Waals surface area contributed by atoms with Crippen LogP contribution in [0, 0.1) is 6.92 Å². The van der Waals surface area contributed by atoms with E-state index < -0.39 is 12.1 Å². The molecule has 3 rings (SSSR count). The maximum Gasteiger partial charge on any atom is 0.303 e. The van der Waals surface area contributed by atoms with Gasteiger partial charge < -0.3 is 4.74 Å². The van der Waals surface area contributed by atoms with Crippen molar-refractivity contribution in [3.8, 4) is 0 Å². The number of nitrogens with zero attached hydrogens (tertiary/aromatic N) is 2. The number of benzene rings is 1. The highest BCUT2D eigenvalue weighted by molar-refractivity contribution is 6.00. The van der Waals surface area contributed by atoms with E-state index in [9.17, 15) is 9.59 Å². The number of fused-ring (bicyclic) bond motifs is 1. The molecular weight excluding hydrogens is 304 g/mol. The van der Waals surface area contributed by atoms with Crippen LogP contribution in [0.15, 0.2) is 54.7 Å². The van der Waals surface area contributed by atoms with E-state index in [0.717, 1.165) is 16.6 Å². The SMILES string of the molecule is CC(=O)OC(C(=O)c1cccc(C)n1)c1ccc2ncccc2c1. The maximum absolute atomic E-state index is 12.8. The number of hydrogen-bond acceptors (Lipinski definition) is 5. The van der Waals surface area contributed by atoms with Crippen LogP contribution in [0.2, 0.25) is 0 Å². The van der Waals surface area contributed by atoms with Gasteiger partial charge in [0, 0.05) is 29.8 Å². The normalized spacial score (nSPS) is 11.9. The Morgan fingerprint density at radius 2 is 1.92 bits per heavy atom. The molecule has 1 atom stereocenters. The van der Waals surface area contributed by atoms with Crippen molar-refractivity contribution < 1.29 is 14.3 Å².